The maximum absolute atomic E-state index is 6.98. The first kappa shape index (κ1) is 30.8. The van der Waals surface area contributed by atoms with Crippen LogP contribution in [0.15, 0.2) is 0 Å². The molecule has 0 aliphatic rings. The van der Waals surface area contributed by atoms with Crippen molar-refractivity contribution in [3.8, 4) is 0 Å². The Bertz CT molecular complexity index is 483. The van der Waals surface area contributed by atoms with Crippen molar-refractivity contribution in [1.82, 2.24) is 0 Å². The number of ether oxygens (including phenoxy) is 2. The molecule has 0 N–H and O–H groups in total. The number of rotatable bonds is 17. The van der Waals surface area contributed by atoms with Gasteiger partial charge < -0.3 is 25.9 Å². The average Bonchev–Trinajstić information content (AvgIpc) is 2.45. The van der Waals surface area contributed by atoms with Gasteiger partial charge in [0.25, 0.3) is 0 Å². The van der Waals surface area contributed by atoms with Crippen molar-refractivity contribution >= 4 is 42.3 Å². The molecule has 0 aromatic carbocycles. The van der Waals surface area contributed by atoms with E-state index in [-0.39, 0.29) is 0 Å². The number of methoxy groups -OCH3 is 1. The van der Waals surface area contributed by atoms with E-state index < -0.39 is 42.3 Å². The largest absolute Gasteiger partial charge is 0.437 e. The highest BCUT2D eigenvalue weighted by molar-refractivity contribution is 6.90. The van der Waals surface area contributed by atoms with Gasteiger partial charge in [-0.15, -0.1) is 0 Å². The third-order valence-corrected chi connectivity index (χ3v) is 22.4. The first-order chi connectivity index (χ1) is 13.4. The highest BCUT2D eigenvalue weighted by atomic mass is 28.5. The summed E-state index contributed by atoms with van der Waals surface area (Å²) in [6, 6.07) is 1.87. The summed E-state index contributed by atoms with van der Waals surface area (Å²) in [6.07, 6.45) is 1.97. The smallest absolute Gasteiger partial charge is 0.317 e. The molecule has 6 nitrogen and oxygen atoms in total. The Hall–Kier alpha value is 0.844. The Morgan fingerprint density at radius 3 is 1.57 bits per heavy atom. The summed E-state index contributed by atoms with van der Waals surface area (Å²) >= 11 is 0. The molecule has 0 saturated heterocycles. The second kappa shape index (κ2) is 12.9. The zero-order valence-corrected chi connectivity index (χ0v) is 26.9. The summed E-state index contributed by atoms with van der Waals surface area (Å²) in [4.78, 5) is 0. The standard InChI is InChI=1S/C19H50O6Si5/c1-13-18-29(11,24-28(9,10)22-26(3,4)5)25-30(12,23-27(6,7)8)19-14-15-21-17-16-20-2/h13-19H2,1-12H3. The van der Waals surface area contributed by atoms with Crippen molar-refractivity contribution in [2.24, 2.45) is 0 Å². The lowest BCUT2D eigenvalue weighted by atomic mass is 10.5. The van der Waals surface area contributed by atoms with Crippen molar-refractivity contribution in [1.29, 1.82) is 0 Å². The SMILES string of the molecule is CCC[Si](C)(O[Si](C)(C)O[Si](C)(C)C)O[Si](C)(CCCOCCOC)O[Si](C)(C)C. The Morgan fingerprint density at radius 1 is 0.567 bits per heavy atom. The van der Waals surface area contributed by atoms with Crippen LogP contribution < -0.4 is 0 Å². The van der Waals surface area contributed by atoms with Gasteiger partial charge in [-0.2, -0.15) is 0 Å². The van der Waals surface area contributed by atoms with E-state index in [0.29, 0.717) is 19.8 Å². The predicted molar refractivity (Wildman–Crippen MR) is 139 cm³/mol. The van der Waals surface area contributed by atoms with E-state index in [2.05, 4.69) is 72.4 Å². The van der Waals surface area contributed by atoms with Crippen LogP contribution in [0, 0.1) is 0 Å². The van der Waals surface area contributed by atoms with Crippen LogP contribution in [0.5, 0.6) is 0 Å². The van der Waals surface area contributed by atoms with E-state index in [0.717, 1.165) is 24.9 Å². The van der Waals surface area contributed by atoms with E-state index in [1.54, 1.807) is 7.11 Å². The summed E-state index contributed by atoms with van der Waals surface area (Å²) in [6.45, 7) is 26.3. The second-order valence-corrected chi connectivity index (χ2v) is 30.8. The number of hydrogen-bond acceptors (Lipinski definition) is 6. The van der Waals surface area contributed by atoms with Gasteiger partial charge in [-0.3, -0.25) is 0 Å². The van der Waals surface area contributed by atoms with Crippen LogP contribution in [0.2, 0.25) is 77.6 Å². The zero-order valence-electron chi connectivity index (χ0n) is 21.9. The monoisotopic (exact) mass is 514 g/mol. The molecule has 0 rings (SSSR count). The van der Waals surface area contributed by atoms with Crippen molar-refractivity contribution in [2.45, 2.75) is 97.3 Å². The molecule has 0 amide bonds. The normalized spacial score (nSPS) is 17.6. The summed E-state index contributed by atoms with van der Waals surface area (Å²) in [5.41, 5.74) is 0. The van der Waals surface area contributed by atoms with Crippen molar-refractivity contribution < 1.29 is 25.9 Å². The first-order valence-electron chi connectivity index (χ1n) is 11.3. The summed E-state index contributed by atoms with van der Waals surface area (Å²) in [5, 5.41) is 0. The summed E-state index contributed by atoms with van der Waals surface area (Å²) in [7, 11) is -8.90. The molecule has 11 heteroatoms. The van der Waals surface area contributed by atoms with Crippen LogP contribution in [0.3, 0.4) is 0 Å². The van der Waals surface area contributed by atoms with Gasteiger partial charge in [0.1, 0.15) is 0 Å². The molecule has 0 spiro atoms. The fourth-order valence-electron chi connectivity index (χ4n) is 3.82. The van der Waals surface area contributed by atoms with Crippen LogP contribution in [0.4, 0.5) is 0 Å². The Morgan fingerprint density at radius 2 is 1.10 bits per heavy atom. The molecule has 0 bridgehead atoms. The van der Waals surface area contributed by atoms with Crippen LogP contribution >= 0.6 is 0 Å². The lowest BCUT2D eigenvalue weighted by Crippen LogP contribution is -2.60. The van der Waals surface area contributed by atoms with E-state index in [1.165, 1.54) is 0 Å². The summed E-state index contributed by atoms with van der Waals surface area (Å²) < 4.78 is 37.7. The van der Waals surface area contributed by atoms with Gasteiger partial charge in [-0.1, -0.05) is 13.3 Å². The van der Waals surface area contributed by atoms with Crippen molar-refractivity contribution in [3.63, 3.8) is 0 Å². The molecule has 0 heterocycles. The maximum atomic E-state index is 6.98. The van der Waals surface area contributed by atoms with E-state index in [9.17, 15) is 0 Å². The molecule has 2 atom stereocenters. The molecule has 182 valence electrons. The fraction of sp³-hybridized carbons (Fsp3) is 1.00. The highest BCUT2D eigenvalue weighted by Crippen LogP contribution is 2.31. The van der Waals surface area contributed by atoms with Gasteiger partial charge in [-0.25, -0.2) is 0 Å². The van der Waals surface area contributed by atoms with Gasteiger partial charge in [0.05, 0.1) is 13.2 Å². The van der Waals surface area contributed by atoms with Gasteiger partial charge in [0.2, 0.25) is 0 Å². The minimum Gasteiger partial charge on any atom is -0.437 e. The molecule has 0 radical (unpaired) electrons. The maximum Gasteiger partial charge on any atom is 0.317 e. The van der Waals surface area contributed by atoms with E-state index >= 15 is 0 Å². The van der Waals surface area contributed by atoms with Crippen LogP contribution in [-0.2, 0) is 25.9 Å². The van der Waals surface area contributed by atoms with Gasteiger partial charge in [0, 0.05) is 13.7 Å². The molecule has 0 aromatic heterocycles. The predicted octanol–water partition coefficient (Wildman–Crippen LogP) is 6.03. The van der Waals surface area contributed by atoms with Gasteiger partial charge >= 0.3 is 25.7 Å². The third-order valence-electron chi connectivity index (χ3n) is 4.02. The molecule has 0 fully saturated rings. The second-order valence-electron chi connectivity index (χ2n) is 10.8. The number of hydrogen-bond donors (Lipinski definition) is 0. The zero-order chi connectivity index (χ0) is 23.7. The average molecular weight is 515 g/mol. The first-order valence-corrected chi connectivity index (χ1v) is 26.0. The molecule has 2 unspecified atom stereocenters. The highest BCUT2D eigenvalue weighted by Gasteiger charge is 2.48. The van der Waals surface area contributed by atoms with Gasteiger partial charge in [0.15, 0.2) is 16.6 Å². The lowest BCUT2D eigenvalue weighted by molar-refractivity contribution is 0.0703. The van der Waals surface area contributed by atoms with Crippen LogP contribution in [-0.4, -0.2) is 69.2 Å². The summed E-state index contributed by atoms with van der Waals surface area (Å²) in [5.74, 6) is 0. The molecule has 0 aliphatic carbocycles. The Balaban J connectivity index is 5.37. The van der Waals surface area contributed by atoms with Crippen molar-refractivity contribution in [2.75, 3.05) is 26.9 Å². The van der Waals surface area contributed by atoms with Crippen LogP contribution in [0.25, 0.3) is 0 Å². The molecule has 0 aliphatic heterocycles. The molecule has 30 heavy (non-hydrogen) atoms. The van der Waals surface area contributed by atoms with E-state index in [4.69, 9.17) is 25.9 Å². The quantitative estimate of drug-likeness (QED) is 0.174. The third kappa shape index (κ3) is 15.6. The molecular formula is C19H50O6Si5. The minimum absolute atomic E-state index is 0.628. The topological polar surface area (TPSA) is 55.4 Å². The van der Waals surface area contributed by atoms with E-state index in [1.807, 2.05) is 0 Å². The molecule has 0 aromatic rings. The van der Waals surface area contributed by atoms with Crippen LogP contribution in [0.1, 0.15) is 19.8 Å². The fourth-order valence-corrected chi connectivity index (χ4v) is 27.7. The Kier molecular flexibility index (Phi) is 13.3. The van der Waals surface area contributed by atoms with Crippen molar-refractivity contribution in [3.05, 3.63) is 0 Å². The minimum atomic E-state index is -2.44. The van der Waals surface area contributed by atoms with Gasteiger partial charge in [-0.05, 0) is 84.0 Å². The molecule has 0 saturated carbocycles. The Labute approximate surface area is 192 Å². The molecular weight excluding hydrogens is 465 g/mol. The lowest BCUT2D eigenvalue weighted by Gasteiger charge is -2.44.